The van der Waals surface area contributed by atoms with Crippen LogP contribution in [-0.2, 0) is 11.3 Å². The fourth-order valence-corrected chi connectivity index (χ4v) is 4.08. The normalized spacial score (nSPS) is 17.7. The second-order valence-corrected chi connectivity index (χ2v) is 8.07. The third-order valence-corrected chi connectivity index (χ3v) is 5.39. The molecule has 1 N–H and O–H groups in total. The van der Waals surface area contributed by atoms with Gasteiger partial charge in [0.15, 0.2) is 0 Å². The van der Waals surface area contributed by atoms with E-state index in [1.54, 1.807) is 12.1 Å². The first-order valence-electron chi connectivity index (χ1n) is 10.3. The van der Waals surface area contributed by atoms with Crippen LogP contribution >= 0.6 is 0 Å². The van der Waals surface area contributed by atoms with E-state index in [0.29, 0.717) is 6.54 Å². The van der Waals surface area contributed by atoms with Gasteiger partial charge in [0.05, 0.1) is 23.5 Å². The molecule has 5 nitrogen and oxygen atoms in total. The highest BCUT2D eigenvalue weighted by molar-refractivity contribution is 5.79. The summed E-state index contributed by atoms with van der Waals surface area (Å²) >= 11 is 0. The summed E-state index contributed by atoms with van der Waals surface area (Å²) < 4.78 is 15.5. The van der Waals surface area contributed by atoms with Crippen LogP contribution in [0.4, 0.5) is 4.39 Å². The minimum atomic E-state index is -0.255. The van der Waals surface area contributed by atoms with Crippen LogP contribution in [0.5, 0.6) is 0 Å². The number of aromatic nitrogens is 2. The van der Waals surface area contributed by atoms with Crippen molar-refractivity contribution >= 4 is 16.9 Å². The van der Waals surface area contributed by atoms with Gasteiger partial charge in [-0.1, -0.05) is 12.1 Å². The molecule has 1 aromatic heterocycles. The van der Waals surface area contributed by atoms with E-state index < -0.39 is 0 Å². The number of para-hydroxylation sites is 2. The van der Waals surface area contributed by atoms with Gasteiger partial charge in [0.25, 0.3) is 0 Å². The van der Waals surface area contributed by atoms with Crippen molar-refractivity contribution in [2.45, 2.75) is 39.3 Å². The number of carbonyl (C=O) groups excluding carboxylic acids is 1. The van der Waals surface area contributed by atoms with Gasteiger partial charge in [-0.2, -0.15) is 0 Å². The number of nitrogens with one attached hydrogen (secondary N) is 1. The van der Waals surface area contributed by atoms with Gasteiger partial charge in [-0.3, -0.25) is 14.3 Å². The van der Waals surface area contributed by atoms with Crippen molar-refractivity contribution < 1.29 is 9.18 Å². The molecule has 6 heteroatoms. The van der Waals surface area contributed by atoms with Gasteiger partial charge in [0, 0.05) is 18.3 Å². The smallest absolute Gasteiger partial charge is 0.224 e. The molecule has 4 rings (SSSR count). The molecule has 1 aliphatic rings. The number of imidazole rings is 1. The number of rotatable bonds is 5. The molecular formula is C23H27FN4O. The molecular weight excluding hydrogens is 367 g/mol. The van der Waals surface area contributed by atoms with Crippen molar-refractivity contribution in [2.75, 3.05) is 13.1 Å². The van der Waals surface area contributed by atoms with Crippen LogP contribution in [0.15, 0.2) is 48.5 Å². The molecule has 0 radical (unpaired) electrons. The number of nitrogens with zero attached hydrogens (tertiary/aromatic N) is 3. The van der Waals surface area contributed by atoms with Gasteiger partial charge >= 0.3 is 0 Å². The molecule has 1 fully saturated rings. The Kier molecular flexibility index (Phi) is 5.62. The van der Waals surface area contributed by atoms with Crippen LogP contribution in [-0.4, -0.2) is 39.5 Å². The molecule has 0 unspecified atom stereocenters. The lowest BCUT2D eigenvalue weighted by molar-refractivity contribution is -0.127. The molecule has 0 saturated carbocycles. The first-order chi connectivity index (χ1) is 14.0. The second-order valence-electron chi connectivity index (χ2n) is 8.07. The fourth-order valence-electron chi connectivity index (χ4n) is 4.08. The van der Waals surface area contributed by atoms with Crippen LogP contribution in [0.1, 0.15) is 32.5 Å². The van der Waals surface area contributed by atoms with Gasteiger partial charge < -0.3 is 5.32 Å². The molecule has 1 atom stereocenters. The van der Waals surface area contributed by atoms with E-state index in [2.05, 4.69) is 14.8 Å². The van der Waals surface area contributed by atoms with Crippen molar-refractivity contribution in [2.24, 2.45) is 5.92 Å². The molecule has 152 valence electrons. The summed E-state index contributed by atoms with van der Waals surface area (Å²) in [6.45, 7) is 6.30. The van der Waals surface area contributed by atoms with Gasteiger partial charge in [-0.15, -0.1) is 0 Å². The number of piperidine rings is 1. The summed E-state index contributed by atoms with van der Waals surface area (Å²) in [5.41, 5.74) is 2.80. The number of amides is 1. The SMILES string of the molecule is CC(C)NC(=O)[C@H]1CCCN(Cc2nc3ccccc3n2-c2ccc(F)cc2)C1. The molecule has 1 aliphatic heterocycles. The fraction of sp³-hybridized carbons (Fsp3) is 0.391. The van der Waals surface area contributed by atoms with Crippen LogP contribution in [0, 0.1) is 11.7 Å². The molecule has 1 saturated heterocycles. The molecule has 0 bridgehead atoms. The minimum absolute atomic E-state index is 0.00907. The number of hydrogen-bond donors (Lipinski definition) is 1. The van der Waals surface area contributed by atoms with Crippen LogP contribution in [0.2, 0.25) is 0 Å². The second kappa shape index (κ2) is 8.33. The van der Waals surface area contributed by atoms with E-state index in [1.165, 1.54) is 12.1 Å². The van der Waals surface area contributed by atoms with Crippen molar-refractivity contribution in [3.63, 3.8) is 0 Å². The van der Waals surface area contributed by atoms with Crippen molar-refractivity contribution in [3.8, 4) is 5.69 Å². The third kappa shape index (κ3) is 4.32. The van der Waals surface area contributed by atoms with Crippen molar-refractivity contribution in [1.29, 1.82) is 0 Å². The van der Waals surface area contributed by atoms with Gasteiger partial charge in [-0.05, 0) is 69.6 Å². The predicted octanol–water partition coefficient (Wildman–Crippen LogP) is 3.90. The quantitative estimate of drug-likeness (QED) is 0.714. The number of carbonyl (C=O) groups is 1. The van der Waals surface area contributed by atoms with E-state index in [9.17, 15) is 9.18 Å². The average Bonchev–Trinajstić information content (AvgIpc) is 3.06. The summed E-state index contributed by atoms with van der Waals surface area (Å²) in [7, 11) is 0. The third-order valence-electron chi connectivity index (χ3n) is 5.39. The zero-order valence-corrected chi connectivity index (χ0v) is 16.9. The van der Waals surface area contributed by atoms with E-state index in [0.717, 1.165) is 48.5 Å². The maximum absolute atomic E-state index is 13.5. The molecule has 0 aliphatic carbocycles. The first-order valence-corrected chi connectivity index (χ1v) is 10.3. The summed E-state index contributed by atoms with van der Waals surface area (Å²) in [4.78, 5) is 19.6. The Morgan fingerprint density at radius 1 is 1.21 bits per heavy atom. The zero-order chi connectivity index (χ0) is 20.4. The van der Waals surface area contributed by atoms with E-state index in [-0.39, 0.29) is 23.7 Å². The topological polar surface area (TPSA) is 50.2 Å². The monoisotopic (exact) mass is 394 g/mol. The summed E-state index contributed by atoms with van der Waals surface area (Å²) in [5, 5.41) is 3.04. The largest absolute Gasteiger partial charge is 0.354 e. The minimum Gasteiger partial charge on any atom is -0.354 e. The number of hydrogen-bond acceptors (Lipinski definition) is 3. The predicted molar refractivity (Wildman–Crippen MR) is 112 cm³/mol. The number of fused-ring (bicyclic) bond motifs is 1. The molecule has 2 heterocycles. The Balaban J connectivity index is 1.61. The van der Waals surface area contributed by atoms with Gasteiger partial charge in [0.1, 0.15) is 11.6 Å². The molecule has 0 spiro atoms. The standard InChI is InChI=1S/C23H27FN4O/c1-16(2)25-23(29)17-6-5-13-27(14-17)15-22-26-20-7-3-4-8-21(20)28(22)19-11-9-18(24)10-12-19/h3-4,7-12,16-17H,5-6,13-15H2,1-2H3,(H,25,29)/t17-/m0/s1. The highest BCUT2D eigenvalue weighted by atomic mass is 19.1. The number of benzene rings is 2. The van der Waals surface area contributed by atoms with Crippen LogP contribution in [0.3, 0.4) is 0 Å². The number of halogens is 1. The molecule has 1 amide bonds. The molecule has 29 heavy (non-hydrogen) atoms. The highest BCUT2D eigenvalue weighted by Gasteiger charge is 2.27. The number of likely N-dealkylation sites (tertiary alicyclic amines) is 1. The van der Waals surface area contributed by atoms with Gasteiger partial charge in [0.2, 0.25) is 5.91 Å². The van der Waals surface area contributed by atoms with Crippen LogP contribution < -0.4 is 5.32 Å². The maximum Gasteiger partial charge on any atom is 0.224 e. The Labute approximate surface area is 170 Å². The van der Waals surface area contributed by atoms with E-state index in [4.69, 9.17) is 4.98 Å². The van der Waals surface area contributed by atoms with E-state index in [1.807, 2.05) is 38.1 Å². The molecule has 2 aromatic carbocycles. The van der Waals surface area contributed by atoms with Gasteiger partial charge in [-0.25, -0.2) is 9.37 Å². The lowest BCUT2D eigenvalue weighted by Gasteiger charge is -2.32. The van der Waals surface area contributed by atoms with Crippen molar-refractivity contribution in [1.82, 2.24) is 19.8 Å². The van der Waals surface area contributed by atoms with Crippen molar-refractivity contribution in [3.05, 3.63) is 60.2 Å². The Morgan fingerprint density at radius 3 is 2.72 bits per heavy atom. The maximum atomic E-state index is 13.5. The zero-order valence-electron chi connectivity index (χ0n) is 16.9. The lowest BCUT2D eigenvalue weighted by Crippen LogP contribution is -2.44. The Hall–Kier alpha value is -2.73. The van der Waals surface area contributed by atoms with E-state index >= 15 is 0 Å². The first kappa shape index (κ1) is 19.6. The summed E-state index contributed by atoms with van der Waals surface area (Å²) in [6, 6.07) is 14.6. The highest BCUT2D eigenvalue weighted by Crippen LogP contribution is 2.25. The molecule has 3 aromatic rings. The Morgan fingerprint density at radius 2 is 1.97 bits per heavy atom. The Bertz CT molecular complexity index is 996. The summed E-state index contributed by atoms with van der Waals surface area (Å²) in [6.07, 6.45) is 1.91. The van der Waals surface area contributed by atoms with Crippen LogP contribution in [0.25, 0.3) is 16.7 Å². The summed E-state index contributed by atoms with van der Waals surface area (Å²) in [5.74, 6) is 0.795. The average molecular weight is 394 g/mol. The lowest BCUT2D eigenvalue weighted by atomic mass is 9.97.